The van der Waals surface area contributed by atoms with Gasteiger partial charge < -0.3 is 20.1 Å². The monoisotopic (exact) mass is 516 g/mol. The molecule has 0 fully saturated rings. The lowest BCUT2D eigenvalue weighted by Gasteiger charge is -2.24. The lowest BCUT2D eigenvalue weighted by molar-refractivity contribution is -0.122. The Labute approximate surface area is 224 Å². The van der Waals surface area contributed by atoms with Gasteiger partial charge in [0.25, 0.3) is 5.91 Å². The first-order valence-electron chi connectivity index (χ1n) is 12.8. The van der Waals surface area contributed by atoms with Gasteiger partial charge in [-0.1, -0.05) is 58.0 Å². The van der Waals surface area contributed by atoms with E-state index in [4.69, 9.17) is 9.47 Å². The molecule has 2 amide bonds. The number of methoxy groups -OCH3 is 1. The Kier molecular flexibility index (Phi) is 9.66. The highest BCUT2D eigenvalue weighted by Crippen LogP contribution is 2.28. The fraction of sp³-hybridized carbons (Fsp3) is 0.323. The van der Waals surface area contributed by atoms with Crippen molar-refractivity contribution >= 4 is 29.0 Å². The Morgan fingerprint density at radius 1 is 0.842 bits per heavy atom. The van der Waals surface area contributed by atoms with Gasteiger partial charge in [0.15, 0.2) is 11.9 Å². The molecule has 3 rings (SSSR count). The number of benzene rings is 3. The summed E-state index contributed by atoms with van der Waals surface area (Å²) in [6.07, 6.45) is 0.451. The van der Waals surface area contributed by atoms with Crippen molar-refractivity contribution in [1.29, 1.82) is 0 Å². The first-order valence-corrected chi connectivity index (χ1v) is 12.8. The highest BCUT2D eigenvalue weighted by Gasteiger charge is 2.21. The number of ketones is 1. The number of amides is 2. The Morgan fingerprint density at radius 2 is 1.50 bits per heavy atom. The molecule has 0 saturated carbocycles. The number of hydrogen-bond donors (Lipinski definition) is 2. The van der Waals surface area contributed by atoms with E-state index in [9.17, 15) is 14.4 Å². The van der Waals surface area contributed by atoms with E-state index < -0.39 is 12.0 Å². The molecule has 3 aromatic rings. The summed E-state index contributed by atoms with van der Waals surface area (Å²) in [6, 6.07) is 21.3. The van der Waals surface area contributed by atoms with Crippen LogP contribution in [0.1, 0.15) is 62.9 Å². The van der Waals surface area contributed by atoms with Gasteiger partial charge in [-0.25, -0.2) is 0 Å². The van der Waals surface area contributed by atoms with Crippen LogP contribution in [-0.4, -0.2) is 30.8 Å². The van der Waals surface area contributed by atoms with Crippen molar-refractivity contribution in [3.8, 4) is 11.5 Å². The molecule has 0 heterocycles. The van der Waals surface area contributed by atoms with E-state index >= 15 is 0 Å². The number of Topliss-reactive ketones (excluding diaryl/α,β-unsaturated/α-hetero) is 1. The molecule has 0 aromatic heterocycles. The number of anilines is 2. The molecule has 0 bridgehead atoms. The van der Waals surface area contributed by atoms with Gasteiger partial charge in [-0.15, -0.1) is 0 Å². The van der Waals surface area contributed by atoms with Gasteiger partial charge in [-0.2, -0.15) is 0 Å². The van der Waals surface area contributed by atoms with Gasteiger partial charge in [0.2, 0.25) is 5.91 Å². The van der Waals surface area contributed by atoms with Gasteiger partial charge in [0.05, 0.1) is 13.5 Å². The first-order chi connectivity index (χ1) is 18.1. The average molecular weight is 517 g/mol. The van der Waals surface area contributed by atoms with Crippen molar-refractivity contribution in [3.05, 3.63) is 83.9 Å². The van der Waals surface area contributed by atoms with Crippen molar-refractivity contribution in [1.82, 2.24) is 0 Å². The zero-order chi connectivity index (χ0) is 27.7. The molecule has 0 aliphatic rings. The number of hydrogen-bond acceptors (Lipinski definition) is 5. The zero-order valence-corrected chi connectivity index (χ0v) is 22.7. The number of rotatable bonds is 12. The van der Waals surface area contributed by atoms with Crippen molar-refractivity contribution < 1.29 is 23.9 Å². The Bertz CT molecular complexity index is 1270. The van der Waals surface area contributed by atoms with E-state index in [1.54, 1.807) is 48.5 Å². The molecule has 1 unspecified atom stereocenters. The molecule has 0 radical (unpaired) electrons. The molecular formula is C31H36N2O5. The van der Waals surface area contributed by atoms with E-state index in [0.29, 0.717) is 34.9 Å². The third kappa shape index (κ3) is 7.68. The van der Waals surface area contributed by atoms with Crippen molar-refractivity contribution in [2.45, 2.75) is 58.5 Å². The Morgan fingerprint density at radius 3 is 2.13 bits per heavy atom. The molecule has 7 heteroatoms. The van der Waals surface area contributed by atoms with Gasteiger partial charge in [0.1, 0.15) is 11.5 Å². The van der Waals surface area contributed by atoms with Gasteiger partial charge in [-0.3, -0.25) is 14.4 Å². The summed E-state index contributed by atoms with van der Waals surface area (Å²) in [5.41, 5.74) is 2.60. The molecule has 0 saturated heterocycles. The second kappa shape index (κ2) is 12.9. The van der Waals surface area contributed by atoms with Crippen molar-refractivity contribution in [2.24, 2.45) is 0 Å². The standard InChI is InChI=1S/C31H36N2O5/c1-6-28(38-25-16-14-22(15-17-25)31(3,4)7-2)30(36)33-23-11-8-10-21(18-23)27(34)20-29(35)32-24-12-9-13-26(19-24)37-5/h8-19,28H,6-7,20H2,1-5H3,(H,32,35)(H,33,36). The lowest BCUT2D eigenvalue weighted by Crippen LogP contribution is -2.32. The van der Waals surface area contributed by atoms with Crippen LogP contribution >= 0.6 is 0 Å². The highest BCUT2D eigenvalue weighted by atomic mass is 16.5. The fourth-order valence-corrected chi connectivity index (χ4v) is 3.82. The molecule has 0 spiro atoms. The van der Waals surface area contributed by atoms with E-state index in [1.165, 1.54) is 12.7 Å². The smallest absolute Gasteiger partial charge is 0.265 e. The predicted octanol–water partition coefficient (Wildman–Crippen LogP) is 6.39. The maximum Gasteiger partial charge on any atom is 0.265 e. The molecule has 0 aliphatic carbocycles. The minimum absolute atomic E-state index is 0.0677. The van der Waals surface area contributed by atoms with Gasteiger partial charge >= 0.3 is 0 Å². The van der Waals surface area contributed by atoms with Crippen LogP contribution in [-0.2, 0) is 15.0 Å². The quantitative estimate of drug-likeness (QED) is 0.215. The van der Waals surface area contributed by atoms with Gasteiger partial charge in [-0.05, 0) is 60.2 Å². The summed E-state index contributed by atoms with van der Waals surface area (Å²) in [4.78, 5) is 38.1. The van der Waals surface area contributed by atoms with Crippen molar-refractivity contribution in [3.63, 3.8) is 0 Å². The van der Waals surface area contributed by atoms with E-state index in [1.807, 2.05) is 31.2 Å². The number of carbonyl (C=O) groups excluding carboxylic acids is 3. The van der Waals surface area contributed by atoms with Crippen LogP contribution in [0.15, 0.2) is 72.8 Å². The molecular weight excluding hydrogens is 480 g/mol. The maximum atomic E-state index is 12.9. The van der Waals surface area contributed by atoms with E-state index in [-0.39, 0.29) is 23.5 Å². The zero-order valence-electron chi connectivity index (χ0n) is 22.7. The minimum Gasteiger partial charge on any atom is -0.497 e. The predicted molar refractivity (Wildman–Crippen MR) is 150 cm³/mol. The van der Waals surface area contributed by atoms with Crippen molar-refractivity contribution in [2.75, 3.05) is 17.7 Å². The third-order valence-corrected chi connectivity index (χ3v) is 6.59. The Balaban J connectivity index is 1.60. The maximum absolute atomic E-state index is 12.9. The summed E-state index contributed by atoms with van der Waals surface area (Å²) in [7, 11) is 1.54. The van der Waals surface area contributed by atoms with Crippen LogP contribution in [0.5, 0.6) is 11.5 Å². The largest absolute Gasteiger partial charge is 0.497 e. The van der Waals surface area contributed by atoms with Crippen LogP contribution in [0.2, 0.25) is 0 Å². The van der Waals surface area contributed by atoms with Crippen LogP contribution in [0.25, 0.3) is 0 Å². The normalized spacial score (nSPS) is 11.8. The average Bonchev–Trinajstić information content (AvgIpc) is 2.92. The molecule has 0 aliphatic heterocycles. The molecule has 2 N–H and O–H groups in total. The van der Waals surface area contributed by atoms with Crippen LogP contribution in [0.3, 0.4) is 0 Å². The topological polar surface area (TPSA) is 93.7 Å². The molecule has 38 heavy (non-hydrogen) atoms. The second-order valence-corrected chi connectivity index (χ2v) is 9.73. The first kappa shape index (κ1) is 28.4. The molecule has 1 atom stereocenters. The van der Waals surface area contributed by atoms with Gasteiger partial charge in [0, 0.05) is 23.0 Å². The summed E-state index contributed by atoms with van der Waals surface area (Å²) in [5, 5.41) is 5.53. The van der Waals surface area contributed by atoms with Crippen LogP contribution in [0, 0.1) is 0 Å². The molecule has 3 aromatic carbocycles. The third-order valence-electron chi connectivity index (χ3n) is 6.59. The lowest BCUT2D eigenvalue weighted by atomic mass is 9.82. The summed E-state index contributed by atoms with van der Waals surface area (Å²) < 4.78 is 11.1. The summed E-state index contributed by atoms with van der Waals surface area (Å²) in [6.45, 7) is 8.41. The minimum atomic E-state index is -0.701. The molecule has 7 nitrogen and oxygen atoms in total. The molecule has 200 valence electrons. The summed E-state index contributed by atoms with van der Waals surface area (Å²) in [5.74, 6) is 0.106. The number of ether oxygens (including phenoxy) is 2. The van der Waals surface area contributed by atoms with Crippen LogP contribution in [0.4, 0.5) is 11.4 Å². The van der Waals surface area contributed by atoms with E-state index in [0.717, 1.165) is 6.42 Å². The summed E-state index contributed by atoms with van der Waals surface area (Å²) >= 11 is 0. The number of carbonyl (C=O) groups is 3. The number of nitrogens with one attached hydrogen (secondary N) is 2. The fourth-order valence-electron chi connectivity index (χ4n) is 3.82. The Hall–Kier alpha value is -4.13. The van der Waals surface area contributed by atoms with Crippen LogP contribution < -0.4 is 20.1 Å². The second-order valence-electron chi connectivity index (χ2n) is 9.73. The van der Waals surface area contributed by atoms with E-state index in [2.05, 4.69) is 31.4 Å². The SMILES string of the molecule is CCC(Oc1ccc(C(C)(C)CC)cc1)C(=O)Nc1cccc(C(=O)CC(=O)Nc2cccc(OC)c2)c1. The highest BCUT2D eigenvalue weighted by molar-refractivity contribution is 6.11.